The molecule has 310 valence electrons. The fourth-order valence-corrected chi connectivity index (χ4v) is 7.33. The molecule has 0 aromatic carbocycles. The van der Waals surface area contributed by atoms with Gasteiger partial charge in [0.05, 0.1) is 19.1 Å². The van der Waals surface area contributed by atoms with Gasteiger partial charge in [-0.1, -0.05) is 169 Å². The molecule has 0 aliphatic heterocycles. The summed E-state index contributed by atoms with van der Waals surface area (Å²) in [4.78, 5) is 27.5. The standard InChI is InChI=1S/C46H91NO5/c1-6-9-12-15-18-24-32-41-51-45(49)37-30-22-19-23-31-38-47(39-40-48)43(5)34-27-25-26-33-42(4)46(50)52-44(35-28-20-16-13-10-7-2)36-29-21-17-14-11-8-3/h42-44,48H,6-41H2,1-5H3. The zero-order valence-electron chi connectivity index (χ0n) is 35.7. The van der Waals surface area contributed by atoms with Crippen molar-refractivity contribution in [3.8, 4) is 0 Å². The maximum absolute atomic E-state index is 13.1. The first kappa shape index (κ1) is 50.9. The highest BCUT2D eigenvalue weighted by molar-refractivity contribution is 5.72. The molecule has 0 bridgehead atoms. The number of nitrogens with zero attached hydrogens (tertiary/aromatic N) is 1. The molecule has 0 saturated carbocycles. The SMILES string of the molecule is CCCCCCCCCOC(=O)CCCCCCCN(CCO)C(C)CCCCCC(C)C(=O)OC(CCCCCCCC)CCCCCCCC. The van der Waals surface area contributed by atoms with Crippen molar-refractivity contribution < 1.29 is 24.2 Å². The summed E-state index contributed by atoms with van der Waals surface area (Å²) in [7, 11) is 0. The summed E-state index contributed by atoms with van der Waals surface area (Å²) in [5.41, 5.74) is 0. The Balaban J connectivity index is 4.18. The van der Waals surface area contributed by atoms with E-state index in [1.165, 1.54) is 116 Å². The van der Waals surface area contributed by atoms with E-state index >= 15 is 0 Å². The third kappa shape index (κ3) is 33.4. The highest BCUT2D eigenvalue weighted by Crippen LogP contribution is 2.21. The molecule has 0 amide bonds. The van der Waals surface area contributed by atoms with Crippen molar-refractivity contribution in [3.63, 3.8) is 0 Å². The van der Waals surface area contributed by atoms with Gasteiger partial charge in [0.2, 0.25) is 0 Å². The minimum atomic E-state index is -0.0328. The summed E-state index contributed by atoms with van der Waals surface area (Å²) in [5, 5.41) is 9.68. The van der Waals surface area contributed by atoms with Crippen LogP contribution in [-0.4, -0.2) is 60.4 Å². The minimum absolute atomic E-state index is 0.0168. The second-order valence-electron chi connectivity index (χ2n) is 16.2. The van der Waals surface area contributed by atoms with E-state index < -0.39 is 0 Å². The number of carbonyl (C=O) groups excluding carboxylic acids is 2. The fourth-order valence-electron chi connectivity index (χ4n) is 7.33. The predicted octanol–water partition coefficient (Wildman–Crippen LogP) is 13.3. The van der Waals surface area contributed by atoms with Gasteiger partial charge >= 0.3 is 11.9 Å². The average Bonchev–Trinajstić information content (AvgIpc) is 3.14. The number of aliphatic hydroxyl groups is 1. The van der Waals surface area contributed by atoms with Crippen LogP contribution in [0.2, 0.25) is 0 Å². The Bertz CT molecular complexity index is 745. The van der Waals surface area contributed by atoms with E-state index in [2.05, 4.69) is 39.5 Å². The van der Waals surface area contributed by atoms with Gasteiger partial charge < -0.3 is 14.6 Å². The van der Waals surface area contributed by atoms with Gasteiger partial charge in [-0.3, -0.25) is 14.5 Å². The molecule has 52 heavy (non-hydrogen) atoms. The first-order valence-corrected chi connectivity index (χ1v) is 23.1. The molecular formula is C46H91NO5. The second-order valence-corrected chi connectivity index (χ2v) is 16.2. The van der Waals surface area contributed by atoms with Gasteiger partial charge in [0, 0.05) is 19.0 Å². The molecular weight excluding hydrogens is 647 g/mol. The largest absolute Gasteiger partial charge is 0.466 e. The van der Waals surface area contributed by atoms with Gasteiger partial charge in [0.1, 0.15) is 6.10 Å². The second kappa shape index (κ2) is 39.6. The molecule has 2 unspecified atom stereocenters. The molecule has 0 spiro atoms. The Labute approximate surface area is 324 Å². The van der Waals surface area contributed by atoms with Crippen molar-refractivity contribution in [3.05, 3.63) is 0 Å². The quantitative estimate of drug-likeness (QED) is 0.0497. The van der Waals surface area contributed by atoms with Crippen LogP contribution in [0, 0.1) is 5.92 Å². The van der Waals surface area contributed by atoms with Crippen LogP contribution in [0.4, 0.5) is 0 Å². The van der Waals surface area contributed by atoms with Crippen molar-refractivity contribution >= 4 is 11.9 Å². The van der Waals surface area contributed by atoms with E-state index in [1.54, 1.807) is 0 Å². The summed E-state index contributed by atoms with van der Waals surface area (Å²) in [5.74, 6) is -0.0433. The smallest absolute Gasteiger partial charge is 0.308 e. The molecule has 1 N–H and O–H groups in total. The molecule has 6 nitrogen and oxygen atoms in total. The topological polar surface area (TPSA) is 76.1 Å². The van der Waals surface area contributed by atoms with Gasteiger partial charge in [0.15, 0.2) is 0 Å². The van der Waals surface area contributed by atoms with E-state index in [4.69, 9.17) is 9.47 Å². The molecule has 0 aromatic heterocycles. The Hall–Kier alpha value is -1.14. The Kier molecular flexibility index (Phi) is 38.7. The number of carbonyl (C=O) groups is 2. The number of esters is 2. The van der Waals surface area contributed by atoms with Crippen LogP contribution < -0.4 is 0 Å². The van der Waals surface area contributed by atoms with Crippen LogP contribution in [0.15, 0.2) is 0 Å². The Morgan fingerprint density at radius 3 is 1.52 bits per heavy atom. The van der Waals surface area contributed by atoms with Crippen LogP contribution in [0.3, 0.4) is 0 Å². The van der Waals surface area contributed by atoms with Crippen molar-refractivity contribution in [2.75, 3.05) is 26.3 Å². The number of aliphatic hydroxyl groups excluding tert-OH is 1. The van der Waals surface area contributed by atoms with Gasteiger partial charge in [0.25, 0.3) is 0 Å². The maximum Gasteiger partial charge on any atom is 0.308 e. The average molecular weight is 738 g/mol. The molecule has 0 aromatic rings. The third-order valence-corrected chi connectivity index (χ3v) is 11.1. The minimum Gasteiger partial charge on any atom is -0.466 e. The molecule has 0 aliphatic carbocycles. The zero-order chi connectivity index (χ0) is 38.3. The predicted molar refractivity (Wildman–Crippen MR) is 223 cm³/mol. The van der Waals surface area contributed by atoms with Crippen molar-refractivity contribution in [2.45, 2.75) is 252 Å². The van der Waals surface area contributed by atoms with E-state index in [0.29, 0.717) is 19.1 Å². The van der Waals surface area contributed by atoms with Gasteiger partial charge in [-0.15, -0.1) is 0 Å². The lowest BCUT2D eigenvalue weighted by Crippen LogP contribution is -2.36. The molecule has 0 radical (unpaired) electrons. The monoisotopic (exact) mass is 738 g/mol. The van der Waals surface area contributed by atoms with Crippen molar-refractivity contribution in [1.82, 2.24) is 4.90 Å². The maximum atomic E-state index is 13.1. The van der Waals surface area contributed by atoms with Crippen LogP contribution in [0.5, 0.6) is 0 Å². The summed E-state index contributed by atoms with van der Waals surface area (Å²) in [6.07, 6.45) is 37.5. The lowest BCUT2D eigenvalue weighted by atomic mass is 10.00. The van der Waals surface area contributed by atoms with E-state index in [1.807, 2.05) is 0 Å². The number of unbranched alkanes of at least 4 members (excludes halogenated alkanes) is 22. The lowest BCUT2D eigenvalue weighted by molar-refractivity contribution is -0.154. The van der Waals surface area contributed by atoms with Crippen LogP contribution in [0.1, 0.15) is 240 Å². The molecule has 0 rings (SSSR count). The number of hydrogen-bond donors (Lipinski definition) is 1. The fraction of sp³-hybridized carbons (Fsp3) is 0.957. The molecule has 0 aliphatic rings. The van der Waals surface area contributed by atoms with Gasteiger partial charge in [-0.2, -0.15) is 0 Å². The third-order valence-electron chi connectivity index (χ3n) is 11.1. The summed E-state index contributed by atoms with van der Waals surface area (Å²) in [6.45, 7) is 13.6. The highest BCUT2D eigenvalue weighted by atomic mass is 16.5. The van der Waals surface area contributed by atoms with Gasteiger partial charge in [-0.25, -0.2) is 0 Å². The first-order chi connectivity index (χ1) is 25.4. The number of rotatable bonds is 41. The van der Waals surface area contributed by atoms with Crippen LogP contribution in [-0.2, 0) is 19.1 Å². The molecule has 6 heteroatoms. The number of hydrogen-bond acceptors (Lipinski definition) is 6. The van der Waals surface area contributed by atoms with E-state index in [-0.39, 0.29) is 30.6 Å². The van der Waals surface area contributed by atoms with Crippen molar-refractivity contribution in [2.24, 2.45) is 5.92 Å². The summed E-state index contributed by atoms with van der Waals surface area (Å²) < 4.78 is 11.6. The van der Waals surface area contributed by atoms with E-state index in [0.717, 1.165) is 96.6 Å². The summed E-state index contributed by atoms with van der Waals surface area (Å²) in [6, 6.07) is 0.449. The van der Waals surface area contributed by atoms with Crippen LogP contribution in [0.25, 0.3) is 0 Å². The lowest BCUT2D eigenvalue weighted by Gasteiger charge is -2.28. The van der Waals surface area contributed by atoms with Crippen molar-refractivity contribution in [1.29, 1.82) is 0 Å². The normalized spacial score (nSPS) is 12.8. The Morgan fingerprint density at radius 2 is 0.962 bits per heavy atom. The highest BCUT2D eigenvalue weighted by Gasteiger charge is 2.20. The first-order valence-electron chi connectivity index (χ1n) is 23.1. The Morgan fingerprint density at radius 1 is 0.519 bits per heavy atom. The molecule has 0 heterocycles. The van der Waals surface area contributed by atoms with E-state index in [9.17, 15) is 14.7 Å². The molecule has 0 saturated heterocycles. The zero-order valence-corrected chi connectivity index (χ0v) is 35.7. The van der Waals surface area contributed by atoms with Crippen LogP contribution >= 0.6 is 0 Å². The van der Waals surface area contributed by atoms with Gasteiger partial charge in [-0.05, 0) is 71.3 Å². The molecule has 2 atom stereocenters. The number of ether oxygens (including phenoxy) is 2. The summed E-state index contributed by atoms with van der Waals surface area (Å²) >= 11 is 0. The molecule has 0 fully saturated rings.